The second-order valence-electron chi connectivity index (χ2n) is 4.04. The molecule has 0 aliphatic carbocycles. The van der Waals surface area contributed by atoms with Gasteiger partial charge in [0.2, 0.25) is 0 Å². The highest BCUT2D eigenvalue weighted by Crippen LogP contribution is 2.20. The van der Waals surface area contributed by atoms with E-state index < -0.39 is 0 Å². The molecule has 5 nitrogen and oxygen atoms in total. The van der Waals surface area contributed by atoms with Crippen molar-refractivity contribution in [3.63, 3.8) is 0 Å². The lowest BCUT2D eigenvalue weighted by atomic mass is 10.2. The SMILES string of the molecule is C=C(C)COCCNC(=O)c1ccc(N)c(O)c1. The zero-order chi connectivity index (χ0) is 13.5. The second-order valence-corrected chi connectivity index (χ2v) is 4.04. The summed E-state index contributed by atoms with van der Waals surface area (Å²) >= 11 is 0. The van der Waals surface area contributed by atoms with Crippen LogP contribution in [0.5, 0.6) is 5.75 Å². The van der Waals surface area contributed by atoms with E-state index in [9.17, 15) is 9.90 Å². The summed E-state index contributed by atoms with van der Waals surface area (Å²) in [6, 6.07) is 4.38. The molecular formula is C13H18N2O3. The number of aromatic hydroxyl groups is 1. The molecule has 1 aromatic rings. The van der Waals surface area contributed by atoms with Crippen LogP contribution in [0.4, 0.5) is 5.69 Å². The first-order valence-electron chi connectivity index (χ1n) is 5.59. The van der Waals surface area contributed by atoms with E-state index in [0.717, 1.165) is 5.57 Å². The number of nitrogen functional groups attached to an aromatic ring is 1. The van der Waals surface area contributed by atoms with Crippen molar-refractivity contribution in [1.82, 2.24) is 5.32 Å². The number of benzene rings is 1. The van der Waals surface area contributed by atoms with Crippen LogP contribution >= 0.6 is 0 Å². The summed E-state index contributed by atoms with van der Waals surface area (Å²) in [7, 11) is 0. The summed E-state index contributed by atoms with van der Waals surface area (Å²) in [5, 5.41) is 12.1. The third kappa shape index (κ3) is 4.47. The van der Waals surface area contributed by atoms with Crippen LogP contribution in [-0.2, 0) is 4.74 Å². The van der Waals surface area contributed by atoms with Crippen LogP contribution in [0.2, 0.25) is 0 Å². The monoisotopic (exact) mass is 250 g/mol. The number of rotatable bonds is 6. The number of nitrogens with two attached hydrogens (primary N) is 1. The molecule has 98 valence electrons. The van der Waals surface area contributed by atoms with Crippen molar-refractivity contribution in [3.8, 4) is 5.75 Å². The number of anilines is 1. The van der Waals surface area contributed by atoms with E-state index in [4.69, 9.17) is 10.5 Å². The Morgan fingerprint density at radius 1 is 1.56 bits per heavy atom. The summed E-state index contributed by atoms with van der Waals surface area (Å²) in [5.41, 5.74) is 6.99. The molecule has 18 heavy (non-hydrogen) atoms. The zero-order valence-corrected chi connectivity index (χ0v) is 10.4. The lowest BCUT2D eigenvalue weighted by molar-refractivity contribution is 0.0926. The van der Waals surface area contributed by atoms with Gasteiger partial charge in [0.25, 0.3) is 5.91 Å². The molecule has 1 rings (SSSR count). The standard InChI is InChI=1S/C13H18N2O3/c1-9(2)8-18-6-5-15-13(17)10-3-4-11(14)12(16)7-10/h3-4,7,16H,1,5-6,8,14H2,2H3,(H,15,17). The highest BCUT2D eigenvalue weighted by molar-refractivity contribution is 5.95. The van der Waals surface area contributed by atoms with Crippen LogP contribution < -0.4 is 11.1 Å². The molecule has 0 heterocycles. The molecule has 0 saturated heterocycles. The highest BCUT2D eigenvalue weighted by Gasteiger charge is 2.07. The molecular weight excluding hydrogens is 232 g/mol. The molecule has 0 fully saturated rings. The zero-order valence-electron chi connectivity index (χ0n) is 10.4. The number of carbonyl (C=O) groups is 1. The Balaban J connectivity index is 2.36. The van der Waals surface area contributed by atoms with Gasteiger partial charge in [-0.15, -0.1) is 0 Å². The van der Waals surface area contributed by atoms with E-state index in [2.05, 4.69) is 11.9 Å². The van der Waals surface area contributed by atoms with Crippen molar-refractivity contribution < 1.29 is 14.6 Å². The number of hydrogen-bond acceptors (Lipinski definition) is 4. The third-order valence-corrected chi connectivity index (χ3v) is 2.17. The number of phenolic OH excluding ortho intramolecular Hbond substituents is 1. The van der Waals surface area contributed by atoms with Gasteiger partial charge in [0.15, 0.2) is 0 Å². The minimum atomic E-state index is -0.274. The minimum absolute atomic E-state index is 0.0961. The molecule has 1 amide bonds. The Kier molecular flexibility index (Phi) is 5.20. The predicted octanol–water partition coefficient (Wildman–Crippen LogP) is 1.30. The largest absolute Gasteiger partial charge is 0.506 e. The first kappa shape index (κ1) is 14.1. The first-order chi connectivity index (χ1) is 8.50. The molecule has 0 aromatic heterocycles. The number of hydrogen-bond donors (Lipinski definition) is 3. The number of ether oxygens (including phenoxy) is 1. The average Bonchev–Trinajstić information content (AvgIpc) is 2.31. The predicted molar refractivity (Wildman–Crippen MR) is 70.5 cm³/mol. The lowest BCUT2D eigenvalue weighted by Gasteiger charge is -2.07. The molecule has 0 bridgehead atoms. The molecule has 5 heteroatoms. The van der Waals surface area contributed by atoms with Gasteiger partial charge in [-0.2, -0.15) is 0 Å². The fourth-order valence-electron chi connectivity index (χ4n) is 1.27. The quantitative estimate of drug-likeness (QED) is 0.307. The number of carbonyl (C=O) groups excluding carboxylic acids is 1. The lowest BCUT2D eigenvalue weighted by Crippen LogP contribution is -2.27. The summed E-state index contributed by atoms with van der Waals surface area (Å²) < 4.78 is 5.24. The number of amides is 1. The summed E-state index contributed by atoms with van der Waals surface area (Å²) in [6.45, 7) is 6.87. The molecule has 0 spiro atoms. The Labute approximate surface area is 106 Å². The van der Waals surface area contributed by atoms with Gasteiger partial charge in [-0.3, -0.25) is 4.79 Å². The Hall–Kier alpha value is -2.01. The average molecular weight is 250 g/mol. The van der Waals surface area contributed by atoms with E-state index >= 15 is 0 Å². The van der Waals surface area contributed by atoms with Crippen LogP contribution in [-0.4, -0.2) is 30.8 Å². The summed E-state index contributed by atoms with van der Waals surface area (Å²) in [6.07, 6.45) is 0. The van der Waals surface area contributed by atoms with Crippen molar-refractivity contribution in [2.24, 2.45) is 0 Å². The maximum absolute atomic E-state index is 11.7. The maximum Gasteiger partial charge on any atom is 0.251 e. The minimum Gasteiger partial charge on any atom is -0.506 e. The third-order valence-electron chi connectivity index (χ3n) is 2.17. The Bertz CT molecular complexity index is 444. The maximum atomic E-state index is 11.7. The number of nitrogens with one attached hydrogen (secondary N) is 1. The van der Waals surface area contributed by atoms with E-state index in [-0.39, 0.29) is 17.3 Å². The molecule has 1 aromatic carbocycles. The fraction of sp³-hybridized carbons (Fsp3) is 0.308. The molecule has 0 unspecified atom stereocenters. The summed E-state index contributed by atoms with van der Waals surface area (Å²) in [5.74, 6) is -0.370. The molecule has 0 aliphatic rings. The molecule has 0 saturated carbocycles. The van der Waals surface area contributed by atoms with Crippen molar-refractivity contribution in [2.75, 3.05) is 25.5 Å². The Morgan fingerprint density at radius 2 is 2.28 bits per heavy atom. The van der Waals surface area contributed by atoms with Crippen LogP contribution in [0, 0.1) is 0 Å². The van der Waals surface area contributed by atoms with E-state index in [0.29, 0.717) is 25.3 Å². The fourth-order valence-corrected chi connectivity index (χ4v) is 1.27. The van der Waals surface area contributed by atoms with Crippen molar-refractivity contribution >= 4 is 11.6 Å². The van der Waals surface area contributed by atoms with Crippen LogP contribution in [0.3, 0.4) is 0 Å². The number of phenols is 1. The van der Waals surface area contributed by atoms with Gasteiger partial charge in [0.05, 0.1) is 18.9 Å². The topological polar surface area (TPSA) is 84.6 Å². The van der Waals surface area contributed by atoms with Crippen LogP contribution in [0.15, 0.2) is 30.4 Å². The van der Waals surface area contributed by atoms with Gasteiger partial charge >= 0.3 is 0 Å². The van der Waals surface area contributed by atoms with Crippen molar-refractivity contribution in [1.29, 1.82) is 0 Å². The van der Waals surface area contributed by atoms with Gasteiger partial charge in [-0.05, 0) is 25.1 Å². The molecule has 0 aliphatic heterocycles. The smallest absolute Gasteiger partial charge is 0.251 e. The van der Waals surface area contributed by atoms with Gasteiger partial charge in [0.1, 0.15) is 5.75 Å². The van der Waals surface area contributed by atoms with Crippen LogP contribution in [0.25, 0.3) is 0 Å². The molecule has 4 N–H and O–H groups in total. The van der Waals surface area contributed by atoms with E-state index in [1.165, 1.54) is 12.1 Å². The first-order valence-corrected chi connectivity index (χ1v) is 5.59. The van der Waals surface area contributed by atoms with E-state index in [1.54, 1.807) is 6.07 Å². The van der Waals surface area contributed by atoms with E-state index in [1.807, 2.05) is 6.92 Å². The van der Waals surface area contributed by atoms with Gasteiger partial charge in [-0.25, -0.2) is 0 Å². The highest BCUT2D eigenvalue weighted by atomic mass is 16.5. The van der Waals surface area contributed by atoms with Gasteiger partial charge in [0, 0.05) is 12.1 Å². The van der Waals surface area contributed by atoms with Crippen molar-refractivity contribution in [3.05, 3.63) is 35.9 Å². The van der Waals surface area contributed by atoms with Gasteiger partial charge in [-0.1, -0.05) is 12.2 Å². The summed E-state index contributed by atoms with van der Waals surface area (Å²) in [4.78, 5) is 11.7. The second kappa shape index (κ2) is 6.66. The molecule has 0 radical (unpaired) electrons. The molecule has 0 atom stereocenters. The Morgan fingerprint density at radius 3 is 2.89 bits per heavy atom. The normalized spacial score (nSPS) is 10.1. The van der Waals surface area contributed by atoms with Crippen molar-refractivity contribution in [2.45, 2.75) is 6.92 Å². The van der Waals surface area contributed by atoms with Crippen LogP contribution in [0.1, 0.15) is 17.3 Å². The van der Waals surface area contributed by atoms with Gasteiger partial charge < -0.3 is 20.9 Å².